The fourth-order valence-corrected chi connectivity index (χ4v) is 2.24. The van der Waals surface area contributed by atoms with E-state index in [4.69, 9.17) is 9.47 Å². The standard InChI is InChI=1S/C17H12O5/c1-21-14-8-4-5-10(15(14)18)9-12-16(19)11-6-2-3-7-13(11)22-17(12)20/h2-9,18H,1H3/b12-9-. The van der Waals surface area contributed by atoms with Gasteiger partial charge in [0, 0.05) is 5.56 Å². The summed E-state index contributed by atoms with van der Waals surface area (Å²) in [5, 5.41) is 10.1. The van der Waals surface area contributed by atoms with Gasteiger partial charge in [-0.3, -0.25) is 4.79 Å². The molecule has 1 N–H and O–H groups in total. The van der Waals surface area contributed by atoms with E-state index in [-0.39, 0.29) is 22.8 Å². The van der Waals surface area contributed by atoms with Gasteiger partial charge in [0.15, 0.2) is 11.5 Å². The smallest absolute Gasteiger partial charge is 0.347 e. The second-order valence-corrected chi connectivity index (χ2v) is 4.67. The normalized spacial score (nSPS) is 15.4. The quantitative estimate of drug-likeness (QED) is 0.399. The van der Waals surface area contributed by atoms with Crippen LogP contribution in [0, 0.1) is 0 Å². The van der Waals surface area contributed by atoms with Crippen molar-refractivity contribution in [2.45, 2.75) is 0 Å². The molecule has 0 spiro atoms. The highest BCUT2D eigenvalue weighted by molar-refractivity contribution is 6.30. The van der Waals surface area contributed by atoms with E-state index in [0.29, 0.717) is 11.1 Å². The van der Waals surface area contributed by atoms with Gasteiger partial charge in [-0.05, 0) is 24.3 Å². The third-order valence-corrected chi connectivity index (χ3v) is 3.35. The van der Waals surface area contributed by atoms with E-state index in [1.54, 1.807) is 42.5 Å². The first-order valence-electron chi connectivity index (χ1n) is 6.55. The molecular weight excluding hydrogens is 284 g/mol. The number of carbonyl (C=O) groups is 2. The molecular formula is C17H12O5. The Labute approximate surface area is 126 Å². The number of esters is 1. The van der Waals surface area contributed by atoms with Gasteiger partial charge in [-0.1, -0.05) is 24.3 Å². The van der Waals surface area contributed by atoms with Crippen molar-refractivity contribution in [1.82, 2.24) is 0 Å². The molecule has 0 fully saturated rings. The number of ketones is 1. The Morgan fingerprint density at radius 2 is 1.86 bits per heavy atom. The number of Topliss-reactive ketones (excluding diaryl/α,β-unsaturated/α-hetero) is 1. The largest absolute Gasteiger partial charge is 0.504 e. The van der Waals surface area contributed by atoms with E-state index in [1.807, 2.05) is 0 Å². The number of carbonyl (C=O) groups excluding carboxylic acids is 2. The van der Waals surface area contributed by atoms with Crippen molar-refractivity contribution in [2.24, 2.45) is 0 Å². The van der Waals surface area contributed by atoms with Gasteiger partial charge in [0.25, 0.3) is 0 Å². The van der Waals surface area contributed by atoms with E-state index in [1.165, 1.54) is 13.2 Å². The van der Waals surface area contributed by atoms with Crippen LogP contribution in [0.2, 0.25) is 0 Å². The number of hydrogen-bond donors (Lipinski definition) is 1. The summed E-state index contributed by atoms with van der Waals surface area (Å²) in [4.78, 5) is 24.4. The van der Waals surface area contributed by atoms with Crippen LogP contribution in [-0.2, 0) is 4.79 Å². The molecule has 1 heterocycles. The zero-order valence-corrected chi connectivity index (χ0v) is 11.7. The minimum absolute atomic E-state index is 0.137. The SMILES string of the molecule is COc1cccc(/C=C2\C(=O)Oc3ccccc3C2=O)c1O. The summed E-state index contributed by atoms with van der Waals surface area (Å²) >= 11 is 0. The van der Waals surface area contributed by atoms with Gasteiger partial charge in [-0.25, -0.2) is 4.79 Å². The summed E-state index contributed by atoms with van der Waals surface area (Å²) in [6.07, 6.45) is 1.30. The Morgan fingerprint density at radius 1 is 1.09 bits per heavy atom. The molecule has 0 saturated heterocycles. The second-order valence-electron chi connectivity index (χ2n) is 4.67. The monoisotopic (exact) mass is 296 g/mol. The van der Waals surface area contributed by atoms with Crippen molar-refractivity contribution in [3.05, 3.63) is 59.2 Å². The fourth-order valence-electron chi connectivity index (χ4n) is 2.24. The third kappa shape index (κ3) is 2.22. The number of phenolic OH excluding ortho intramolecular Hbond substituents is 1. The average Bonchev–Trinajstić information content (AvgIpc) is 2.53. The number of methoxy groups -OCH3 is 1. The number of ether oxygens (including phenoxy) is 2. The van der Waals surface area contributed by atoms with Gasteiger partial charge in [0.1, 0.15) is 11.3 Å². The molecule has 0 atom stereocenters. The van der Waals surface area contributed by atoms with Crippen molar-refractivity contribution in [3.63, 3.8) is 0 Å². The van der Waals surface area contributed by atoms with Gasteiger partial charge in [-0.15, -0.1) is 0 Å². The van der Waals surface area contributed by atoms with E-state index in [0.717, 1.165) is 0 Å². The molecule has 1 aliphatic rings. The van der Waals surface area contributed by atoms with Crippen molar-refractivity contribution >= 4 is 17.8 Å². The first-order valence-corrected chi connectivity index (χ1v) is 6.55. The van der Waals surface area contributed by atoms with Crippen molar-refractivity contribution < 1.29 is 24.2 Å². The van der Waals surface area contributed by atoms with Crippen molar-refractivity contribution in [3.8, 4) is 17.2 Å². The van der Waals surface area contributed by atoms with Crippen LogP contribution in [0.5, 0.6) is 17.2 Å². The molecule has 5 heteroatoms. The van der Waals surface area contributed by atoms with E-state index in [2.05, 4.69) is 0 Å². The molecule has 2 aromatic rings. The Kier molecular flexibility index (Phi) is 3.39. The number of rotatable bonds is 2. The lowest BCUT2D eigenvalue weighted by molar-refractivity contribution is -0.130. The molecule has 2 aromatic carbocycles. The first kappa shape index (κ1) is 13.9. The average molecular weight is 296 g/mol. The molecule has 1 aliphatic heterocycles. The number of phenols is 1. The summed E-state index contributed by atoms with van der Waals surface area (Å²) in [6, 6.07) is 11.3. The van der Waals surface area contributed by atoms with Crippen molar-refractivity contribution in [1.29, 1.82) is 0 Å². The molecule has 0 radical (unpaired) electrons. The van der Waals surface area contributed by atoms with Crippen LogP contribution < -0.4 is 9.47 Å². The number of fused-ring (bicyclic) bond motifs is 1. The molecule has 110 valence electrons. The molecule has 3 rings (SSSR count). The lowest BCUT2D eigenvalue weighted by Crippen LogP contribution is -2.24. The van der Waals surface area contributed by atoms with Crippen LogP contribution in [0.15, 0.2) is 48.0 Å². The molecule has 0 aromatic heterocycles. The first-order chi connectivity index (χ1) is 10.6. The zero-order chi connectivity index (χ0) is 15.7. The van der Waals surface area contributed by atoms with E-state index < -0.39 is 11.8 Å². The van der Waals surface area contributed by atoms with Gasteiger partial charge in [0.05, 0.1) is 12.7 Å². The van der Waals surface area contributed by atoms with Crippen LogP contribution in [0.3, 0.4) is 0 Å². The highest BCUT2D eigenvalue weighted by Gasteiger charge is 2.30. The summed E-state index contributed by atoms with van der Waals surface area (Å²) in [5.74, 6) is -0.826. The highest BCUT2D eigenvalue weighted by Crippen LogP contribution is 2.33. The molecule has 5 nitrogen and oxygen atoms in total. The van der Waals surface area contributed by atoms with Crippen LogP contribution in [0.25, 0.3) is 6.08 Å². The number of para-hydroxylation sites is 2. The summed E-state index contributed by atoms with van der Waals surface area (Å²) in [7, 11) is 1.42. The van der Waals surface area contributed by atoms with Gasteiger partial charge in [0.2, 0.25) is 5.78 Å². The summed E-state index contributed by atoms with van der Waals surface area (Å²) in [5.41, 5.74) is 0.483. The fraction of sp³-hybridized carbons (Fsp3) is 0.0588. The van der Waals surface area contributed by atoms with Gasteiger partial charge < -0.3 is 14.6 Å². The van der Waals surface area contributed by atoms with Crippen molar-refractivity contribution in [2.75, 3.05) is 7.11 Å². The van der Waals surface area contributed by atoms with Crippen LogP contribution >= 0.6 is 0 Å². The molecule has 22 heavy (non-hydrogen) atoms. The Bertz CT molecular complexity index is 804. The lowest BCUT2D eigenvalue weighted by Gasteiger charge is -2.16. The Morgan fingerprint density at radius 3 is 2.64 bits per heavy atom. The number of benzene rings is 2. The minimum Gasteiger partial charge on any atom is -0.504 e. The predicted molar refractivity (Wildman–Crippen MR) is 79.0 cm³/mol. The van der Waals surface area contributed by atoms with Gasteiger partial charge in [-0.2, -0.15) is 0 Å². The number of hydrogen-bond acceptors (Lipinski definition) is 5. The van der Waals surface area contributed by atoms with Crippen LogP contribution in [-0.4, -0.2) is 24.0 Å². The summed E-state index contributed by atoms with van der Waals surface area (Å²) in [6.45, 7) is 0. The summed E-state index contributed by atoms with van der Waals surface area (Å²) < 4.78 is 10.1. The Hall–Kier alpha value is -3.08. The minimum atomic E-state index is -0.745. The maximum atomic E-state index is 12.4. The molecule has 0 bridgehead atoms. The maximum absolute atomic E-state index is 12.4. The molecule has 0 aliphatic carbocycles. The molecule has 0 amide bonds. The van der Waals surface area contributed by atoms with E-state index in [9.17, 15) is 14.7 Å². The number of aromatic hydroxyl groups is 1. The molecule has 0 unspecified atom stereocenters. The predicted octanol–water partition coefficient (Wildman–Crippen LogP) is 2.59. The highest BCUT2D eigenvalue weighted by atomic mass is 16.5. The molecule has 0 saturated carbocycles. The van der Waals surface area contributed by atoms with E-state index >= 15 is 0 Å². The second kappa shape index (κ2) is 5.37. The lowest BCUT2D eigenvalue weighted by atomic mass is 9.97. The van der Waals surface area contributed by atoms with Crippen LogP contribution in [0.4, 0.5) is 0 Å². The van der Waals surface area contributed by atoms with Gasteiger partial charge >= 0.3 is 5.97 Å². The third-order valence-electron chi connectivity index (χ3n) is 3.35. The zero-order valence-electron chi connectivity index (χ0n) is 11.7. The van der Waals surface area contributed by atoms with Crippen LogP contribution in [0.1, 0.15) is 15.9 Å². The Balaban J connectivity index is 2.09. The topological polar surface area (TPSA) is 72.8 Å². The maximum Gasteiger partial charge on any atom is 0.347 e.